The van der Waals surface area contributed by atoms with E-state index in [1.165, 1.54) is 6.33 Å². The number of nitrogens with one attached hydrogen (secondary N) is 2. The number of aromatic amines is 1. The number of anilines is 1. The lowest BCUT2D eigenvalue weighted by Gasteiger charge is -2.05. The summed E-state index contributed by atoms with van der Waals surface area (Å²) in [5.74, 6) is 0.452. The summed E-state index contributed by atoms with van der Waals surface area (Å²) in [5, 5.41) is 13.3. The average Bonchev–Trinajstić information content (AvgIpc) is 2.93. The highest BCUT2D eigenvalue weighted by atomic mass is 16.2. The SMILES string of the molecule is Cc1nn(CC(=O)NCc2ncn[nH]2)c(C)c1N. The molecule has 0 unspecified atom stereocenters. The fraction of sp³-hybridized carbons (Fsp3) is 0.400. The molecule has 0 bridgehead atoms. The molecular weight excluding hydrogens is 234 g/mol. The molecule has 2 heterocycles. The molecule has 96 valence electrons. The zero-order valence-corrected chi connectivity index (χ0v) is 10.3. The van der Waals surface area contributed by atoms with Gasteiger partial charge >= 0.3 is 0 Å². The van der Waals surface area contributed by atoms with Crippen molar-refractivity contribution in [1.82, 2.24) is 30.3 Å². The molecule has 2 aromatic heterocycles. The quantitative estimate of drug-likeness (QED) is 0.676. The zero-order chi connectivity index (χ0) is 13.1. The third-order valence-corrected chi connectivity index (χ3v) is 2.65. The molecule has 0 radical (unpaired) electrons. The molecule has 0 saturated heterocycles. The average molecular weight is 249 g/mol. The number of aromatic nitrogens is 5. The molecule has 0 aliphatic heterocycles. The van der Waals surface area contributed by atoms with Gasteiger partial charge < -0.3 is 11.1 Å². The number of amides is 1. The lowest BCUT2D eigenvalue weighted by atomic mass is 10.3. The maximum atomic E-state index is 11.7. The van der Waals surface area contributed by atoms with Gasteiger partial charge in [0.2, 0.25) is 5.91 Å². The third-order valence-electron chi connectivity index (χ3n) is 2.65. The third kappa shape index (κ3) is 2.47. The second kappa shape index (κ2) is 4.86. The van der Waals surface area contributed by atoms with E-state index in [-0.39, 0.29) is 12.5 Å². The summed E-state index contributed by atoms with van der Waals surface area (Å²) >= 11 is 0. The van der Waals surface area contributed by atoms with Crippen molar-refractivity contribution in [3.8, 4) is 0 Å². The Labute approximate surface area is 104 Å². The van der Waals surface area contributed by atoms with Crippen molar-refractivity contribution in [2.45, 2.75) is 26.9 Å². The van der Waals surface area contributed by atoms with E-state index >= 15 is 0 Å². The van der Waals surface area contributed by atoms with Crippen LogP contribution in [0, 0.1) is 13.8 Å². The first-order valence-electron chi connectivity index (χ1n) is 5.48. The predicted molar refractivity (Wildman–Crippen MR) is 64.3 cm³/mol. The summed E-state index contributed by atoms with van der Waals surface area (Å²) < 4.78 is 1.58. The first kappa shape index (κ1) is 12.1. The zero-order valence-electron chi connectivity index (χ0n) is 10.3. The summed E-state index contributed by atoms with van der Waals surface area (Å²) in [6.45, 7) is 4.09. The van der Waals surface area contributed by atoms with Crippen molar-refractivity contribution >= 4 is 11.6 Å². The van der Waals surface area contributed by atoms with Crippen molar-refractivity contribution in [3.63, 3.8) is 0 Å². The smallest absolute Gasteiger partial charge is 0.242 e. The number of aryl methyl sites for hydroxylation is 1. The van der Waals surface area contributed by atoms with E-state index in [9.17, 15) is 4.79 Å². The highest BCUT2D eigenvalue weighted by Gasteiger charge is 2.11. The lowest BCUT2D eigenvalue weighted by molar-refractivity contribution is -0.122. The number of nitrogens with zero attached hydrogens (tertiary/aromatic N) is 4. The fourth-order valence-corrected chi connectivity index (χ4v) is 1.55. The van der Waals surface area contributed by atoms with Crippen molar-refractivity contribution < 1.29 is 4.79 Å². The Kier molecular flexibility index (Phi) is 3.26. The number of hydrogen-bond acceptors (Lipinski definition) is 5. The monoisotopic (exact) mass is 249 g/mol. The summed E-state index contributed by atoms with van der Waals surface area (Å²) in [4.78, 5) is 15.6. The van der Waals surface area contributed by atoms with Gasteiger partial charge in [-0.3, -0.25) is 14.6 Å². The van der Waals surface area contributed by atoms with Crippen molar-refractivity contribution in [2.24, 2.45) is 0 Å². The highest BCUT2D eigenvalue weighted by molar-refractivity contribution is 5.75. The molecule has 2 aromatic rings. The summed E-state index contributed by atoms with van der Waals surface area (Å²) in [6.07, 6.45) is 1.39. The van der Waals surface area contributed by atoms with Gasteiger partial charge in [-0.2, -0.15) is 10.2 Å². The molecule has 0 aliphatic carbocycles. The minimum absolute atomic E-state index is 0.137. The molecule has 0 saturated carbocycles. The van der Waals surface area contributed by atoms with Crippen molar-refractivity contribution in [1.29, 1.82) is 0 Å². The molecule has 8 nitrogen and oxygen atoms in total. The van der Waals surface area contributed by atoms with Crippen LogP contribution in [-0.2, 0) is 17.9 Å². The van der Waals surface area contributed by atoms with E-state index in [1.807, 2.05) is 13.8 Å². The number of rotatable bonds is 4. The van der Waals surface area contributed by atoms with Gasteiger partial charge in [-0.05, 0) is 13.8 Å². The topological polar surface area (TPSA) is 115 Å². The van der Waals surface area contributed by atoms with Gasteiger partial charge in [0.15, 0.2) is 0 Å². The summed E-state index contributed by atoms with van der Waals surface area (Å²) in [5.41, 5.74) is 7.94. The molecule has 1 amide bonds. The number of nitrogen functional groups attached to an aromatic ring is 1. The molecular formula is C10H15N7O. The molecule has 0 aromatic carbocycles. The van der Waals surface area contributed by atoms with Gasteiger partial charge in [0.05, 0.1) is 23.6 Å². The standard InChI is InChI=1S/C10H15N7O/c1-6-10(11)7(2)17(16-6)4-9(18)12-3-8-13-5-14-15-8/h5H,3-4,11H2,1-2H3,(H,12,18)(H,13,14,15). The molecule has 0 fully saturated rings. The maximum Gasteiger partial charge on any atom is 0.242 e. The molecule has 4 N–H and O–H groups in total. The van der Waals surface area contributed by atoms with Gasteiger partial charge in [0, 0.05) is 0 Å². The molecule has 2 rings (SSSR count). The number of H-pyrrole nitrogens is 1. The van der Waals surface area contributed by atoms with Crippen LogP contribution in [0.4, 0.5) is 5.69 Å². The highest BCUT2D eigenvalue weighted by Crippen LogP contribution is 2.14. The Bertz CT molecular complexity index is 543. The van der Waals surface area contributed by atoms with Gasteiger partial charge in [-0.15, -0.1) is 0 Å². The van der Waals surface area contributed by atoms with Crippen molar-refractivity contribution in [2.75, 3.05) is 5.73 Å². The van der Waals surface area contributed by atoms with E-state index in [2.05, 4.69) is 25.6 Å². The van der Waals surface area contributed by atoms with E-state index in [1.54, 1.807) is 4.68 Å². The Morgan fingerprint density at radius 1 is 1.56 bits per heavy atom. The van der Waals surface area contributed by atoms with Crippen LogP contribution < -0.4 is 11.1 Å². The summed E-state index contributed by atoms with van der Waals surface area (Å²) in [6, 6.07) is 0. The van der Waals surface area contributed by atoms with Gasteiger partial charge in [0.1, 0.15) is 18.7 Å². The van der Waals surface area contributed by atoms with Crippen LogP contribution >= 0.6 is 0 Å². The number of hydrogen-bond donors (Lipinski definition) is 3. The van der Waals surface area contributed by atoms with Crippen LogP contribution in [0.2, 0.25) is 0 Å². The van der Waals surface area contributed by atoms with Crippen LogP contribution in [0.3, 0.4) is 0 Å². The maximum absolute atomic E-state index is 11.7. The van der Waals surface area contributed by atoms with E-state index in [0.29, 0.717) is 18.1 Å². The number of carbonyl (C=O) groups is 1. The van der Waals surface area contributed by atoms with E-state index < -0.39 is 0 Å². The lowest BCUT2D eigenvalue weighted by Crippen LogP contribution is -2.28. The summed E-state index contributed by atoms with van der Waals surface area (Å²) in [7, 11) is 0. The fourth-order valence-electron chi connectivity index (χ4n) is 1.55. The number of carbonyl (C=O) groups excluding carboxylic acids is 1. The van der Waals surface area contributed by atoms with Crippen LogP contribution in [0.15, 0.2) is 6.33 Å². The van der Waals surface area contributed by atoms with Gasteiger partial charge in [0.25, 0.3) is 0 Å². The molecule has 18 heavy (non-hydrogen) atoms. The molecule has 0 spiro atoms. The molecule has 0 atom stereocenters. The minimum Gasteiger partial charge on any atom is -0.396 e. The second-order valence-electron chi connectivity index (χ2n) is 3.95. The van der Waals surface area contributed by atoms with E-state index in [0.717, 1.165) is 11.4 Å². The molecule has 0 aliphatic rings. The first-order chi connectivity index (χ1) is 8.58. The van der Waals surface area contributed by atoms with Crippen LogP contribution in [-0.4, -0.2) is 30.9 Å². The van der Waals surface area contributed by atoms with Gasteiger partial charge in [-0.1, -0.05) is 0 Å². The predicted octanol–water partition coefficient (Wildman–Crippen LogP) is -0.483. The normalized spacial score (nSPS) is 10.6. The van der Waals surface area contributed by atoms with Gasteiger partial charge in [-0.25, -0.2) is 4.98 Å². The van der Waals surface area contributed by atoms with Crippen molar-refractivity contribution in [3.05, 3.63) is 23.5 Å². The second-order valence-corrected chi connectivity index (χ2v) is 3.95. The largest absolute Gasteiger partial charge is 0.396 e. The van der Waals surface area contributed by atoms with E-state index in [4.69, 9.17) is 5.73 Å². The van der Waals surface area contributed by atoms with Crippen LogP contribution in [0.25, 0.3) is 0 Å². The Morgan fingerprint density at radius 3 is 2.89 bits per heavy atom. The Morgan fingerprint density at radius 2 is 2.33 bits per heavy atom. The Hall–Kier alpha value is -2.38. The van der Waals surface area contributed by atoms with Crippen LogP contribution in [0.1, 0.15) is 17.2 Å². The Balaban J connectivity index is 1.93. The number of nitrogens with two attached hydrogens (primary N) is 1. The minimum atomic E-state index is -0.156. The van der Waals surface area contributed by atoms with Crippen LogP contribution in [0.5, 0.6) is 0 Å². The molecule has 8 heteroatoms. The first-order valence-corrected chi connectivity index (χ1v) is 5.48.